The van der Waals surface area contributed by atoms with Crippen LogP contribution in [-0.2, 0) is 19.0 Å². The first kappa shape index (κ1) is 14.5. The minimum absolute atomic E-state index is 0.00356. The molecule has 0 aromatic carbocycles. The van der Waals surface area contributed by atoms with E-state index in [9.17, 15) is 0 Å². The molecule has 0 spiro atoms. The SMILES string of the molecule is CN(Cc1cc(Br)cn1C)c1nc(C(C)(C)C)ns1. The molecule has 0 bridgehead atoms. The minimum Gasteiger partial charge on any atom is -0.352 e. The van der Waals surface area contributed by atoms with E-state index >= 15 is 0 Å². The van der Waals surface area contributed by atoms with Crippen LogP contribution in [-0.4, -0.2) is 21.0 Å². The molecule has 0 saturated heterocycles. The van der Waals surface area contributed by atoms with Crippen molar-refractivity contribution in [1.29, 1.82) is 0 Å². The molecule has 0 aliphatic carbocycles. The second-order valence-electron chi connectivity index (χ2n) is 5.77. The normalized spacial score (nSPS) is 11.9. The summed E-state index contributed by atoms with van der Waals surface area (Å²) < 4.78 is 7.67. The molecule has 0 aliphatic rings. The molecule has 0 unspecified atom stereocenters. The molecule has 2 aromatic rings. The van der Waals surface area contributed by atoms with Crippen molar-refractivity contribution in [3.8, 4) is 0 Å². The van der Waals surface area contributed by atoms with Crippen molar-refractivity contribution in [3.63, 3.8) is 0 Å². The van der Waals surface area contributed by atoms with Crippen LogP contribution in [0.5, 0.6) is 0 Å². The Hall–Kier alpha value is -0.880. The zero-order valence-corrected chi connectivity index (χ0v) is 14.3. The Morgan fingerprint density at radius 1 is 1.42 bits per heavy atom. The number of anilines is 1. The standard InChI is InChI=1S/C13H19BrN4S/c1-13(2,3)11-15-12(19-16-11)18(5)8-10-6-9(14)7-17(10)4/h6-7H,8H2,1-5H3. The highest BCUT2D eigenvalue weighted by Gasteiger charge is 2.21. The van der Waals surface area contributed by atoms with Crippen molar-refractivity contribution in [1.82, 2.24) is 13.9 Å². The van der Waals surface area contributed by atoms with Crippen LogP contribution in [0, 0.1) is 0 Å². The highest BCUT2D eigenvalue weighted by molar-refractivity contribution is 9.10. The molecular weight excluding hydrogens is 324 g/mol. The summed E-state index contributed by atoms with van der Waals surface area (Å²) >= 11 is 4.95. The lowest BCUT2D eigenvalue weighted by Crippen LogP contribution is -2.19. The molecule has 19 heavy (non-hydrogen) atoms. The van der Waals surface area contributed by atoms with Crippen molar-refractivity contribution in [2.24, 2.45) is 7.05 Å². The second kappa shape index (κ2) is 5.25. The van der Waals surface area contributed by atoms with Gasteiger partial charge in [0.15, 0.2) is 0 Å². The van der Waals surface area contributed by atoms with Crippen LogP contribution in [0.4, 0.5) is 5.13 Å². The van der Waals surface area contributed by atoms with Crippen LogP contribution in [0.2, 0.25) is 0 Å². The summed E-state index contributed by atoms with van der Waals surface area (Å²) in [6.07, 6.45) is 2.06. The van der Waals surface area contributed by atoms with Crippen LogP contribution in [0.15, 0.2) is 16.7 Å². The Morgan fingerprint density at radius 2 is 2.11 bits per heavy atom. The number of hydrogen-bond donors (Lipinski definition) is 0. The lowest BCUT2D eigenvalue weighted by atomic mass is 9.96. The highest BCUT2D eigenvalue weighted by Crippen LogP contribution is 2.26. The van der Waals surface area contributed by atoms with Gasteiger partial charge in [-0.25, -0.2) is 4.98 Å². The van der Waals surface area contributed by atoms with Gasteiger partial charge in [-0.05, 0) is 22.0 Å². The zero-order chi connectivity index (χ0) is 14.2. The molecule has 2 heterocycles. The van der Waals surface area contributed by atoms with Crippen LogP contribution in [0.25, 0.3) is 0 Å². The third-order valence-corrected chi connectivity index (χ3v) is 4.15. The van der Waals surface area contributed by atoms with E-state index in [0.717, 1.165) is 22.0 Å². The second-order valence-corrected chi connectivity index (χ2v) is 7.41. The maximum atomic E-state index is 4.63. The summed E-state index contributed by atoms with van der Waals surface area (Å²) in [5.41, 5.74) is 1.24. The molecule has 0 saturated carbocycles. The molecule has 2 aromatic heterocycles. The summed E-state index contributed by atoms with van der Waals surface area (Å²) in [4.78, 5) is 6.76. The summed E-state index contributed by atoms with van der Waals surface area (Å²) in [5.74, 6) is 0.910. The third kappa shape index (κ3) is 3.36. The number of aromatic nitrogens is 3. The fraction of sp³-hybridized carbons (Fsp3) is 0.538. The third-order valence-electron chi connectivity index (χ3n) is 2.89. The van der Waals surface area contributed by atoms with Gasteiger partial charge < -0.3 is 9.47 Å². The van der Waals surface area contributed by atoms with Gasteiger partial charge in [0.05, 0.1) is 6.54 Å². The molecule has 0 radical (unpaired) electrons. The maximum absolute atomic E-state index is 4.63. The van der Waals surface area contributed by atoms with Gasteiger partial charge in [-0.3, -0.25) is 0 Å². The van der Waals surface area contributed by atoms with Gasteiger partial charge in [0.25, 0.3) is 0 Å². The summed E-state index contributed by atoms with van der Waals surface area (Å²) in [7, 11) is 4.10. The monoisotopic (exact) mass is 342 g/mol. The Balaban J connectivity index is 2.14. The average molecular weight is 343 g/mol. The predicted octanol–water partition coefficient (Wildman–Crippen LogP) is 3.57. The number of halogens is 1. The smallest absolute Gasteiger partial charge is 0.205 e. The first-order valence-corrected chi connectivity index (χ1v) is 7.70. The molecule has 2 rings (SSSR count). The minimum atomic E-state index is 0.00356. The van der Waals surface area contributed by atoms with Crippen LogP contribution < -0.4 is 4.90 Å². The summed E-state index contributed by atoms with van der Waals surface area (Å²) in [6, 6.07) is 2.13. The van der Waals surface area contributed by atoms with E-state index in [4.69, 9.17) is 0 Å². The largest absolute Gasteiger partial charge is 0.352 e. The van der Waals surface area contributed by atoms with E-state index in [-0.39, 0.29) is 5.41 Å². The van der Waals surface area contributed by atoms with Gasteiger partial charge in [-0.2, -0.15) is 4.37 Å². The highest BCUT2D eigenvalue weighted by atomic mass is 79.9. The molecule has 0 atom stereocenters. The topological polar surface area (TPSA) is 34.0 Å². The molecule has 104 valence electrons. The number of aryl methyl sites for hydroxylation is 1. The van der Waals surface area contributed by atoms with Gasteiger partial charge in [-0.1, -0.05) is 20.8 Å². The Labute approximate surface area is 126 Å². The van der Waals surface area contributed by atoms with Crippen molar-refractivity contribution < 1.29 is 0 Å². The van der Waals surface area contributed by atoms with E-state index < -0.39 is 0 Å². The average Bonchev–Trinajstić information content (AvgIpc) is 2.85. The van der Waals surface area contributed by atoms with Crippen molar-refractivity contribution in [3.05, 3.63) is 28.3 Å². The lowest BCUT2D eigenvalue weighted by molar-refractivity contribution is 0.554. The van der Waals surface area contributed by atoms with E-state index in [1.807, 2.05) is 7.05 Å². The van der Waals surface area contributed by atoms with Gasteiger partial charge in [0.2, 0.25) is 5.13 Å². The molecule has 0 N–H and O–H groups in total. The number of hydrogen-bond acceptors (Lipinski definition) is 4. The van der Waals surface area contributed by atoms with Gasteiger partial charge in [-0.15, -0.1) is 0 Å². The molecule has 6 heteroatoms. The van der Waals surface area contributed by atoms with Crippen LogP contribution in [0.3, 0.4) is 0 Å². The summed E-state index contributed by atoms with van der Waals surface area (Å²) in [6.45, 7) is 7.22. The lowest BCUT2D eigenvalue weighted by Gasteiger charge is -2.16. The zero-order valence-electron chi connectivity index (χ0n) is 11.9. The molecule has 0 fully saturated rings. The van der Waals surface area contributed by atoms with Crippen LogP contribution in [0.1, 0.15) is 32.3 Å². The molecule has 4 nitrogen and oxygen atoms in total. The van der Waals surface area contributed by atoms with Gasteiger partial charge in [0, 0.05) is 47.4 Å². The van der Waals surface area contributed by atoms with Crippen molar-refractivity contribution in [2.45, 2.75) is 32.7 Å². The van der Waals surface area contributed by atoms with Gasteiger partial charge >= 0.3 is 0 Å². The fourth-order valence-electron chi connectivity index (χ4n) is 1.71. The number of nitrogens with zero attached hydrogens (tertiary/aromatic N) is 4. The molecule has 0 aliphatic heterocycles. The van der Waals surface area contributed by atoms with E-state index in [2.05, 4.69) is 74.8 Å². The Kier molecular flexibility index (Phi) is 4.01. The first-order chi connectivity index (χ1) is 8.77. The maximum Gasteiger partial charge on any atom is 0.205 e. The number of rotatable bonds is 3. The van der Waals surface area contributed by atoms with Crippen molar-refractivity contribution in [2.75, 3.05) is 11.9 Å². The van der Waals surface area contributed by atoms with Gasteiger partial charge in [0.1, 0.15) is 5.82 Å². The van der Waals surface area contributed by atoms with Crippen molar-refractivity contribution >= 4 is 32.6 Å². The predicted molar refractivity (Wildman–Crippen MR) is 83.8 cm³/mol. The Morgan fingerprint density at radius 3 is 2.58 bits per heavy atom. The van der Waals surface area contributed by atoms with Crippen LogP contribution >= 0.6 is 27.5 Å². The van der Waals surface area contributed by atoms with E-state index in [1.165, 1.54) is 17.2 Å². The molecule has 0 amide bonds. The summed E-state index contributed by atoms with van der Waals surface area (Å²) in [5, 5.41) is 0.960. The first-order valence-electron chi connectivity index (χ1n) is 6.13. The fourth-order valence-corrected chi connectivity index (χ4v) is 3.09. The van der Waals surface area contributed by atoms with E-state index in [0.29, 0.717) is 0 Å². The molecular formula is C13H19BrN4S. The quantitative estimate of drug-likeness (QED) is 0.854. The Bertz CT molecular complexity index is 567. The van der Waals surface area contributed by atoms with E-state index in [1.54, 1.807) is 0 Å².